The molecule has 9 heteroatoms. The van der Waals surface area contributed by atoms with Gasteiger partial charge < -0.3 is 15.1 Å². The molecule has 0 amide bonds. The van der Waals surface area contributed by atoms with Crippen LogP contribution >= 0.6 is 24.8 Å². The van der Waals surface area contributed by atoms with Crippen LogP contribution in [0, 0.1) is 18.7 Å². The summed E-state index contributed by atoms with van der Waals surface area (Å²) in [5.41, 5.74) is 1.69. The minimum atomic E-state index is -0.654. The molecule has 140 valence electrons. The van der Waals surface area contributed by atoms with Crippen LogP contribution in [-0.4, -0.2) is 29.3 Å². The number of halogens is 3. The number of aromatic amines is 1. The summed E-state index contributed by atoms with van der Waals surface area (Å²) in [4.78, 5) is 11.1. The van der Waals surface area contributed by atoms with Crippen LogP contribution in [0.25, 0.3) is 11.5 Å². The van der Waals surface area contributed by atoms with E-state index < -0.39 is 5.76 Å². The highest BCUT2D eigenvalue weighted by Gasteiger charge is 2.21. The first-order valence-corrected chi connectivity index (χ1v) is 7.88. The number of H-pyrrole nitrogens is 1. The summed E-state index contributed by atoms with van der Waals surface area (Å²) < 4.78 is 19.1. The van der Waals surface area contributed by atoms with Crippen LogP contribution in [0.15, 0.2) is 21.3 Å². The second kappa shape index (κ2) is 9.22. The Balaban J connectivity index is 0.00000156. The standard InChI is InChI=1S/C16H21FN4O2.2ClH/c1-9-13(17)7-12(15-20-21-16(22)23-15)8-14(9)19-10(2)11-3-5-18-6-4-11;;/h7-8,10-11,18-19H,3-6H2,1-2H3,(H,21,22);2*1H. The Kier molecular flexibility index (Phi) is 7.92. The molecule has 6 nitrogen and oxygen atoms in total. The summed E-state index contributed by atoms with van der Waals surface area (Å²) in [6.45, 7) is 5.89. The van der Waals surface area contributed by atoms with Gasteiger partial charge in [0.25, 0.3) is 0 Å². The molecule has 0 saturated carbocycles. The molecule has 2 aromatic rings. The highest BCUT2D eigenvalue weighted by molar-refractivity contribution is 5.85. The second-order valence-corrected chi connectivity index (χ2v) is 6.07. The van der Waals surface area contributed by atoms with Gasteiger partial charge in [-0.1, -0.05) is 0 Å². The van der Waals surface area contributed by atoms with Gasteiger partial charge in [-0.3, -0.25) is 0 Å². The van der Waals surface area contributed by atoms with Crippen molar-refractivity contribution in [2.45, 2.75) is 32.7 Å². The lowest BCUT2D eigenvalue weighted by molar-refractivity contribution is 0.343. The Morgan fingerprint density at radius 1 is 1.32 bits per heavy atom. The lowest BCUT2D eigenvalue weighted by Gasteiger charge is -2.30. The first-order valence-electron chi connectivity index (χ1n) is 7.88. The molecular weight excluding hydrogens is 370 g/mol. The summed E-state index contributed by atoms with van der Waals surface area (Å²) in [5.74, 6) is -0.371. The summed E-state index contributed by atoms with van der Waals surface area (Å²) in [7, 11) is 0. The minimum absolute atomic E-state index is 0. The molecule has 3 N–H and O–H groups in total. The van der Waals surface area contributed by atoms with Gasteiger partial charge in [-0.25, -0.2) is 14.3 Å². The van der Waals surface area contributed by atoms with Crippen LogP contribution in [0.1, 0.15) is 25.3 Å². The maximum Gasteiger partial charge on any atom is 0.434 e. The molecule has 0 radical (unpaired) electrons. The molecular formula is C16H23Cl2FN4O2. The SMILES string of the molecule is Cc1c(F)cc(-c2n[nH]c(=O)o2)cc1NC(C)C1CCNCC1.Cl.Cl. The zero-order chi connectivity index (χ0) is 16.4. The molecule has 0 aliphatic carbocycles. The van der Waals surface area contributed by atoms with Crippen LogP contribution in [-0.2, 0) is 0 Å². The summed E-state index contributed by atoms with van der Waals surface area (Å²) >= 11 is 0. The van der Waals surface area contributed by atoms with E-state index in [2.05, 4.69) is 27.8 Å². The van der Waals surface area contributed by atoms with Crippen LogP contribution in [0.4, 0.5) is 10.1 Å². The summed E-state index contributed by atoms with van der Waals surface area (Å²) in [6.07, 6.45) is 2.20. The number of hydrogen-bond acceptors (Lipinski definition) is 5. The van der Waals surface area contributed by atoms with E-state index in [4.69, 9.17) is 4.42 Å². The second-order valence-electron chi connectivity index (χ2n) is 6.07. The number of hydrogen-bond donors (Lipinski definition) is 3. The Hall–Kier alpha value is -1.57. The van der Waals surface area contributed by atoms with Gasteiger partial charge in [-0.2, -0.15) is 0 Å². The fourth-order valence-corrected chi connectivity index (χ4v) is 3.01. The number of aromatic nitrogens is 2. The van der Waals surface area contributed by atoms with E-state index in [9.17, 15) is 9.18 Å². The molecule has 1 aliphatic heterocycles. The zero-order valence-corrected chi connectivity index (χ0v) is 15.7. The number of nitrogens with one attached hydrogen (secondary N) is 3. The predicted octanol–water partition coefficient (Wildman–Crippen LogP) is 3.12. The smallest absolute Gasteiger partial charge is 0.388 e. The van der Waals surface area contributed by atoms with Gasteiger partial charge in [0.05, 0.1) is 0 Å². The number of rotatable bonds is 4. The molecule has 0 spiro atoms. The molecule has 3 rings (SSSR count). The molecule has 1 fully saturated rings. The van der Waals surface area contributed by atoms with E-state index in [0.29, 0.717) is 22.7 Å². The minimum Gasteiger partial charge on any atom is -0.388 e. The van der Waals surface area contributed by atoms with E-state index in [-0.39, 0.29) is 42.6 Å². The van der Waals surface area contributed by atoms with E-state index >= 15 is 0 Å². The first kappa shape index (κ1) is 21.5. The fourth-order valence-electron chi connectivity index (χ4n) is 3.01. The first-order chi connectivity index (χ1) is 11.0. The Morgan fingerprint density at radius 2 is 2.00 bits per heavy atom. The quantitative estimate of drug-likeness (QED) is 0.744. The van der Waals surface area contributed by atoms with Crippen molar-refractivity contribution in [3.05, 3.63) is 34.1 Å². The van der Waals surface area contributed by atoms with Crippen LogP contribution in [0.5, 0.6) is 0 Å². The molecule has 1 saturated heterocycles. The third kappa shape index (κ3) is 4.96. The van der Waals surface area contributed by atoms with Crippen molar-refractivity contribution in [3.8, 4) is 11.5 Å². The molecule has 0 bridgehead atoms. The van der Waals surface area contributed by atoms with E-state index in [1.165, 1.54) is 6.07 Å². The van der Waals surface area contributed by atoms with Crippen LogP contribution in [0.2, 0.25) is 0 Å². The molecule has 1 aliphatic rings. The number of nitrogens with zero attached hydrogens (tertiary/aromatic N) is 1. The third-order valence-electron chi connectivity index (χ3n) is 4.50. The normalized spacial score (nSPS) is 15.8. The highest BCUT2D eigenvalue weighted by Crippen LogP contribution is 2.28. The van der Waals surface area contributed by atoms with Gasteiger partial charge in [0.1, 0.15) is 5.82 Å². The van der Waals surface area contributed by atoms with Crippen molar-refractivity contribution in [2.24, 2.45) is 5.92 Å². The molecule has 1 atom stereocenters. The Bertz CT molecular complexity index is 744. The third-order valence-corrected chi connectivity index (χ3v) is 4.50. The van der Waals surface area contributed by atoms with Gasteiger partial charge in [0.2, 0.25) is 5.89 Å². The average Bonchev–Trinajstić information content (AvgIpc) is 2.99. The van der Waals surface area contributed by atoms with Crippen molar-refractivity contribution in [2.75, 3.05) is 18.4 Å². The van der Waals surface area contributed by atoms with Crippen LogP contribution in [0.3, 0.4) is 0 Å². The fraction of sp³-hybridized carbons (Fsp3) is 0.500. The van der Waals surface area contributed by atoms with Crippen molar-refractivity contribution >= 4 is 30.5 Å². The van der Waals surface area contributed by atoms with Crippen molar-refractivity contribution < 1.29 is 8.81 Å². The van der Waals surface area contributed by atoms with Crippen LogP contribution < -0.4 is 16.4 Å². The largest absolute Gasteiger partial charge is 0.434 e. The highest BCUT2D eigenvalue weighted by atomic mass is 35.5. The summed E-state index contributed by atoms with van der Waals surface area (Å²) in [6, 6.07) is 3.33. The molecule has 25 heavy (non-hydrogen) atoms. The molecule has 1 unspecified atom stereocenters. The lowest BCUT2D eigenvalue weighted by Crippen LogP contribution is -2.36. The number of benzene rings is 1. The maximum absolute atomic E-state index is 14.2. The zero-order valence-electron chi connectivity index (χ0n) is 14.1. The van der Waals surface area contributed by atoms with Crippen molar-refractivity contribution in [1.29, 1.82) is 0 Å². The summed E-state index contributed by atoms with van der Waals surface area (Å²) in [5, 5.41) is 12.7. The van der Waals surface area contributed by atoms with Gasteiger partial charge in [-0.15, -0.1) is 29.9 Å². The number of piperidine rings is 1. The monoisotopic (exact) mass is 392 g/mol. The van der Waals surface area contributed by atoms with Gasteiger partial charge in [0.15, 0.2) is 0 Å². The topological polar surface area (TPSA) is 83.0 Å². The number of anilines is 1. The van der Waals surface area contributed by atoms with E-state index in [0.717, 1.165) is 25.9 Å². The maximum atomic E-state index is 14.2. The lowest BCUT2D eigenvalue weighted by atomic mass is 9.91. The molecule has 1 aromatic carbocycles. The molecule has 2 heterocycles. The molecule has 1 aromatic heterocycles. The predicted molar refractivity (Wildman–Crippen MR) is 100 cm³/mol. The van der Waals surface area contributed by atoms with Gasteiger partial charge >= 0.3 is 5.76 Å². The van der Waals surface area contributed by atoms with Crippen molar-refractivity contribution in [3.63, 3.8) is 0 Å². The van der Waals surface area contributed by atoms with Gasteiger partial charge in [-0.05, 0) is 57.8 Å². The van der Waals surface area contributed by atoms with Gasteiger partial charge in [0, 0.05) is 22.9 Å². The Labute approximate surface area is 157 Å². The Morgan fingerprint density at radius 3 is 2.60 bits per heavy atom. The van der Waals surface area contributed by atoms with E-state index in [1.54, 1.807) is 13.0 Å². The van der Waals surface area contributed by atoms with Crippen molar-refractivity contribution in [1.82, 2.24) is 15.5 Å². The van der Waals surface area contributed by atoms with E-state index in [1.807, 2.05) is 0 Å². The average molecular weight is 393 g/mol.